The largest absolute Gasteiger partial charge is 0.492 e. The summed E-state index contributed by atoms with van der Waals surface area (Å²) in [6.07, 6.45) is 0. The van der Waals surface area contributed by atoms with Gasteiger partial charge in [-0.1, -0.05) is 17.7 Å². The Kier molecular flexibility index (Phi) is 6.17. The molecule has 0 saturated carbocycles. The van der Waals surface area contributed by atoms with Crippen molar-refractivity contribution in [1.29, 1.82) is 0 Å². The topological polar surface area (TPSA) is 81.7 Å². The fraction of sp³-hybridized carbons (Fsp3) is 0.278. The third-order valence-electron chi connectivity index (χ3n) is 3.57. The van der Waals surface area contributed by atoms with Crippen LogP contribution in [0.2, 0.25) is 0 Å². The fourth-order valence-corrected chi connectivity index (χ4v) is 3.49. The first-order chi connectivity index (χ1) is 11.8. The van der Waals surface area contributed by atoms with Crippen LogP contribution in [0.15, 0.2) is 47.4 Å². The zero-order chi connectivity index (χ0) is 18.4. The van der Waals surface area contributed by atoms with E-state index in [2.05, 4.69) is 9.46 Å². The molecule has 0 atom stereocenters. The van der Waals surface area contributed by atoms with Crippen LogP contribution in [0.25, 0.3) is 0 Å². The molecule has 7 heteroatoms. The highest BCUT2D eigenvalue weighted by atomic mass is 32.2. The number of sulfonamides is 1. The zero-order valence-electron chi connectivity index (χ0n) is 14.4. The number of esters is 1. The first-order valence-corrected chi connectivity index (χ1v) is 9.20. The van der Waals surface area contributed by atoms with Gasteiger partial charge in [0.05, 0.1) is 17.6 Å². The van der Waals surface area contributed by atoms with E-state index in [-0.39, 0.29) is 18.0 Å². The van der Waals surface area contributed by atoms with Gasteiger partial charge in [0.15, 0.2) is 0 Å². The van der Waals surface area contributed by atoms with Gasteiger partial charge in [0.2, 0.25) is 10.0 Å². The molecule has 0 aliphatic carbocycles. The summed E-state index contributed by atoms with van der Waals surface area (Å²) in [7, 11) is -2.41. The molecule has 6 nitrogen and oxygen atoms in total. The monoisotopic (exact) mass is 363 g/mol. The lowest BCUT2D eigenvalue weighted by Crippen LogP contribution is -2.28. The van der Waals surface area contributed by atoms with E-state index < -0.39 is 16.0 Å². The van der Waals surface area contributed by atoms with Crippen molar-refractivity contribution in [3.63, 3.8) is 0 Å². The number of nitrogens with one attached hydrogen (secondary N) is 1. The van der Waals surface area contributed by atoms with E-state index in [1.165, 1.54) is 25.3 Å². The van der Waals surface area contributed by atoms with Gasteiger partial charge in [0.1, 0.15) is 12.4 Å². The summed E-state index contributed by atoms with van der Waals surface area (Å²) < 4.78 is 37.4. The SMILES string of the molecule is COC(=O)c1ccc(S(=O)(=O)NCCOc2ccc(C)cc2)c(C)c1. The molecule has 0 spiro atoms. The highest BCUT2D eigenvalue weighted by molar-refractivity contribution is 7.89. The molecule has 25 heavy (non-hydrogen) atoms. The second-order valence-electron chi connectivity index (χ2n) is 5.53. The molecule has 0 fully saturated rings. The predicted octanol–water partition coefficient (Wildman–Crippen LogP) is 2.45. The van der Waals surface area contributed by atoms with Crippen LogP contribution in [0, 0.1) is 13.8 Å². The summed E-state index contributed by atoms with van der Waals surface area (Å²) >= 11 is 0. The number of methoxy groups -OCH3 is 1. The van der Waals surface area contributed by atoms with Crippen molar-refractivity contribution >= 4 is 16.0 Å². The van der Waals surface area contributed by atoms with E-state index in [1.807, 2.05) is 31.2 Å². The van der Waals surface area contributed by atoms with Crippen LogP contribution in [0.3, 0.4) is 0 Å². The second kappa shape index (κ2) is 8.13. The maximum atomic E-state index is 12.4. The summed E-state index contributed by atoms with van der Waals surface area (Å²) in [6, 6.07) is 11.8. The molecule has 0 heterocycles. The highest BCUT2D eigenvalue weighted by Gasteiger charge is 2.18. The van der Waals surface area contributed by atoms with Gasteiger partial charge in [-0.15, -0.1) is 0 Å². The first-order valence-electron chi connectivity index (χ1n) is 7.71. The second-order valence-corrected chi connectivity index (χ2v) is 7.27. The van der Waals surface area contributed by atoms with Gasteiger partial charge >= 0.3 is 5.97 Å². The average molecular weight is 363 g/mol. The van der Waals surface area contributed by atoms with E-state index >= 15 is 0 Å². The molecule has 0 unspecified atom stereocenters. The van der Waals surface area contributed by atoms with Gasteiger partial charge in [-0.25, -0.2) is 17.9 Å². The molecule has 0 aliphatic rings. The van der Waals surface area contributed by atoms with E-state index in [9.17, 15) is 13.2 Å². The van der Waals surface area contributed by atoms with Crippen LogP contribution in [0.4, 0.5) is 0 Å². The number of ether oxygens (including phenoxy) is 2. The molecular formula is C18H21NO5S. The first kappa shape index (κ1) is 19.0. The van der Waals surface area contributed by atoms with E-state index in [1.54, 1.807) is 6.92 Å². The molecule has 0 amide bonds. The Labute approximate surface area is 147 Å². The molecule has 2 aromatic rings. The molecule has 2 aromatic carbocycles. The van der Waals surface area contributed by atoms with Crippen LogP contribution in [-0.4, -0.2) is 34.6 Å². The Morgan fingerprint density at radius 1 is 1.08 bits per heavy atom. The van der Waals surface area contributed by atoms with Crippen LogP contribution < -0.4 is 9.46 Å². The zero-order valence-corrected chi connectivity index (χ0v) is 15.2. The van der Waals surface area contributed by atoms with Gasteiger partial charge in [0, 0.05) is 6.54 Å². The average Bonchev–Trinajstić information content (AvgIpc) is 2.59. The fourth-order valence-electron chi connectivity index (χ4n) is 2.25. The standard InChI is InChI=1S/C18H21NO5S/c1-13-4-7-16(8-5-13)24-11-10-19-25(21,22)17-9-6-15(12-14(17)2)18(20)23-3/h4-9,12,19H,10-11H2,1-3H3. The molecule has 1 N–H and O–H groups in total. The maximum absolute atomic E-state index is 12.4. The van der Waals surface area contributed by atoms with Gasteiger partial charge in [0.25, 0.3) is 0 Å². The number of carbonyl (C=O) groups excluding carboxylic acids is 1. The Morgan fingerprint density at radius 2 is 1.76 bits per heavy atom. The van der Waals surface area contributed by atoms with Crippen molar-refractivity contribution in [2.45, 2.75) is 18.7 Å². The lowest BCUT2D eigenvalue weighted by molar-refractivity contribution is 0.0600. The van der Waals surface area contributed by atoms with Crippen molar-refractivity contribution < 1.29 is 22.7 Å². The summed E-state index contributed by atoms with van der Waals surface area (Å²) in [5.74, 6) is 0.176. The molecule has 2 rings (SSSR count). The summed E-state index contributed by atoms with van der Waals surface area (Å²) in [6.45, 7) is 3.95. The number of hydrogen-bond donors (Lipinski definition) is 1. The molecule has 0 radical (unpaired) electrons. The minimum atomic E-state index is -3.68. The minimum absolute atomic E-state index is 0.121. The summed E-state index contributed by atoms with van der Waals surface area (Å²) in [5, 5.41) is 0. The molecule has 0 bridgehead atoms. The van der Waals surface area contributed by atoms with Crippen molar-refractivity contribution in [1.82, 2.24) is 4.72 Å². The van der Waals surface area contributed by atoms with Crippen molar-refractivity contribution in [2.75, 3.05) is 20.3 Å². The Morgan fingerprint density at radius 3 is 2.36 bits per heavy atom. The molecular weight excluding hydrogens is 342 g/mol. The van der Waals surface area contributed by atoms with Gasteiger partial charge in [-0.3, -0.25) is 0 Å². The number of rotatable bonds is 7. The van der Waals surface area contributed by atoms with Gasteiger partial charge in [-0.2, -0.15) is 0 Å². The number of hydrogen-bond acceptors (Lipinski definition) is 5. The van der Waals surface area contributed by atoms with Crippen molar-refractivity contribution in [2.24, 2.45) is 0 Å². The smallest absolute Gasteiger partial charge is 0.337 e. The van der Waals surface area contributed by atoms with Crippen LogP contribution in [0.5, 0.6) is 5.75 Å². The number of benzene rings is 2. The number of aryl methyl sites for hydroxylation is 2. The summed E-state index contributed by atoms with van der Waals surface area (Å²) in [4.78, 5) is 11.6. The molecule has 0 aromatic heterocycles. The number of carbonyl (C=O) groups is 1. The predicted molar refractivity (Wildman–Crippen MR) is 94.4 cm³/mol. The lowest BCUT2D eigenvalue weighted by atomic mass is 10.1. The highest BCUT2D eigenvalue weighted by Crippen LogP contribution is 2.17. The van der Waals surface area contributed by atoms with Gasteiger partial charge in [-0.05, 0) is 49.7 Å². The Bertz CT molecular complexity index is 844. The lowest BCUT2D eigenvalue weighted by Gasteiger charge is -2.11. The minimum Gasteiger partial charge on any atom is -0.492 e. The van der Waals surface area contributed by atoms with Gasteiger partial charge < -0.3 is 9.47 Å². The van der Waals surface area contributed by atoms with E-state index in [4.69, 9.17) is 4.74 Å². The van der Waals surface area contributed by atoms with Crippen LogP contribution in [0.1, 0.15) is 21.5 Å². The van der Waals surface area contributed by atoms with E-state index in [0.29, 0.717) is 16.9 Å². The van der Waals surface area contributed by atoms with Crippen LogP contribution in [-0.2, 0) is 14.8 Å². The Balaban J connectivity index is 1.97. The normalized spacial score (nSPS) is 11.2. The quantitative estimate of drug-likeness (QED) is 0.604. The maximum Gasteiger partial charge on any atom is 0.337 e. The van der Waals surface area contributed by atoms with Crippen LogP contribution >= 0.6 is 0 Å². The van der Waals surface area contributed by atoms with Crippen molar-refractivity contribution in [3.05, 3.63) is 59.2 Å². The third kappa shape index (κ3) is 5.04. The van der Waals surface area contributed by atoms with Crippen molar-refractivity contribution in [3.8, 4) is 5.75 Å². The summed E-state index contributed by atoms with van der Waals surface area (Å²) in [5.41, 5.74) is 1.90. The van der Waals surface area contributed by atoms with E-state index in [0.717, 1.165) is 5.56 Å². The third-order valence-corrected chi connectivity index (χ3v) is 5.19. The Hall–Kier alpha value is -2.38. The molecule has 0 saturated heterocycles. The molecule has 134 valence electrons. The molecule has 0 aliphatic heterocycles.